The molecule has 0 unspecified atom stereocenters. The van der Waals surface area contributed by atoms with Crippen molar-refractivity contribution in [3.8, 4) is 17.2 Å². The molecule has 3 aromatic rings. The molecule has 0 saturated heterocycles. The number of hydrogen-bond donors (Lipinski definition) is 0. The summed E-state index contributed by atoms with van der Waals surface area (Å²) in [4.78, 5) is 0. The minimum atomic E-state index is -4.48. The highest BCUT2D eigenvalue weighted by Crippen LogP contribution is 2.58. The first-order valence-corrected chi connectivity index (χ1v) is 12.5. The van der Waals surface area contributed by atoms with Crippen molar-refractivity contribution in [1.82, 2.24) is 0 Å². The van der Waals surface area contributed by atoms with Crippen molar-refractivity contribution >= 4 is 89.0 Å². The van der Waals surface area contributed by atoms with Gasteiger partial charge in [-0.1, -0.05) is 93.3 Å². The van der Waals surface area contributed by atoms with Crippen LogP contribution >= 0.6 is 89.0 Å². The highest BCUT2D eigenvalue weighted by atomic mass is 35.5. The lowest BCUT2D eigenvalue weighted by atomic mass is 10.0. The largest absolute Gasteiger partial charge is 0.647 e. The van der Waals surface area contributed by atoms with Crippen LogP contribution in [0.3, 0.4) is 0 Å². The predicted octanol–water partition coefficient (Wildman–Crippen LogP) is 9.81. The molecule has 1 heterocycles. The van der Waals surface area contributed by atoms with E-state index in [1.807, 2.05) is 0 Å². The first kappa shape index (κ1) is 23.5. The van der Waals surface area contributed by atoms with E-state index in [0.717, 1.165) is 0 Å². The maximum atomic E-state index is 13.8. The Balaban J connectivity index is 1.98. The number of benzene rings is 3. The molecule has 0 atom stereocenters. The van der Waals surface area contributed by atoms with Crippen molar-refractivity contribution in [2.45, 2.75) is 6.42 Å². The van der Waals surface area contributed by atoms with Crippen LogP contribution in [0, 0.1) is 0 Å². The molecule has 0 fully saturated rings. The summed E-state index contributed by atoms with van der Waals surface area (Å²) in [6.07, 6.45) is 0.0228. The summed E-state index contributed by atoms with van der Waals surface area (Å²) in [7, 11) is -4.48. The standard InChI is InChI=1S/C19H8Cl7O4P/c20-10-3-1-2-4-15(10)28-31(27)29-18-8(16(25)11(21)6-13(18)23)5-9-17(26)12(22)7-14(24)19(9)30-31/h1-4,6-7H,5H2. The number of fused-ring (bicyclic) bond motifs is 2. The summed E-state index contributed by atoms with van der Waals surface area (Å²) in [5.74, 6) is -0.0583. The fourth-order valence-electron chi connectivity index (χ4n) is 2.86. The monoisotopic (exact) mass is 576 g/mol. The van der Waals surface area contributed by atoms with Crippen LogP contribution in [-0.2, 0) is 11.0 Å². The molecule has 1 aliphatic rings. The van der Waals surface area contributed by atoms with Gasteiger partial charge in [-0.05, 0) is 24.3 Å². The molecule has 4 rings (SSSR count). The van der Waals surface area contributed by atoms with Crippen LogP contribution in [-0.4, -0.2) is 0 Å². The molecule has 4 nitrogen and oxygen atoms in total. The summed E-state index contributed by atoms with van der Waals surface area (Å²) in [5, 5.41) is 0.780. The van der Waals surface area contributed by atoms with Crippen molar-refractivity contribution in [3.05, 3.63) is 82.7 Å². The lowest BCUT2D eigenvalue weighted by Crippen LogP contribution is -2.14. The van der Waals surface area contributed by atoms with Gasteiger partial charge in [-0.2, -0.15) is 4.57 Å². The van der Waals surface area contributed by atoms with Gasteiger partial charge in [0.1, 0.15) is 0 Å². The van der Waals surface area contributed by atoms with E-state index < -0.39 is 7.82 Å². The molecule has 0 aliphatic carbocycles. The molecule has 12 heteroatoms. The Bertz CT molecular complexity index is 1200. The molecular formula is C19H8Cl7O4P. The van der Waals surface area contributed by atoms with Crippen molar-refractivity contribution in [1.29, 1.82) is 0 Å². The van der Waals surface area contributed by atoms with Crippen molar-refractivity contribution < 1.29 is 18.1 Å². The predicted molar refractivity (Wildman–Crippen MR) is 127 cm³/mol. The Labute approximate surface area is 212 Å². The van der Waals surface area contributed by atoms with Gasteiger partial charge in [0.05, 0.1) is 35.2 Å². The van der Waals surface area contributed by atoms with E-state index in [1.165, 1.54) is 18.2 Å². The second-order valence-electron chi connectivity index (χ2n) is 6.25. The van der Waals surface area contributed by atoms with E-state index >= 15 is 0 Å². The third-order valence-electron chi connectivity index (χ3n) is 4.24. The maximum absolute atomic E-state index is 13.8. The maximum Gasteiger partial charge on any atom is 0.647 e. The molecule has 0 aromatic heterocycles. The Morgan fingerprint density at radius 2 is 1.19 bits per heavy atom. The SMILES string of the molecule is O=P1(Oc2ccccc2Cl)Oc2c(Cl)cc(Cl)c(Cl)c2Cc2c(Cl)c(Cl)cc(Cl)c2O1. The molecule has 0 amide bonds. The zero-order valence-electron chi connectivity index (χ0n) is 14.9. The van der Waals surface area contributed by atoms with Crippen molar-refractivity contribution in [2.75, 3.05) is 0 Å². The molecule has 0 radical (unpaired) electrons. The summed E-state index contributed by atoms with van der Waals surface area (Å²) >= 11 is 44.0. The fourth-order valence-corrected chi connectivity index (χ4v) is 6.07. The van der Waals surface area contributed by atoms with Crippen LogP contribution in [0.2, 0.25) is 35.2 Å². The third-order valence-corrected chi connectivity index (χ3v) is 8.00. The van der Waals surface area contributed by atoms with E-state index in [2.05, 4.69) is 0 Å². The van der Waals surface area contributed by atoms with Gasteiger partial charge in [0, 0.05) is 17.5 Å². The Hall–Kier alpha value is -0.680. The van der Waals surface area contributed by atoms with Crippen LogP contribution in [0.1, 0.15) is 11.1 Å². The second kappa shape index (κ2) is 8.93. The average molecular weight is 579 g/mol. The molecule has 0 spiro atoms. The van der Waals surface area contributed by atoms with E-state index in [4.69, 9.17) is 94.8 Å². The first-order chi connectivity index (χ1) is 14.6. The normalized spacial score (nSPS) is 14.4. The molecule has 0 bridgehead atoms. The van der Waals surface area contributed by atoms with Gasteiger partial charge in [-0.25, -0.2) is 0 Å². The molecule has 3 aromatic carbocycles. The summed E-state index contributed by atoms with van der Waals surface area (Å²) in [5.41, 5.74) is 0.596. The van der Waals surface area contributed by atoms with Gasteiger partial charge in [0.15, 0.2) is 17.2 Å². The summed E-state index contributed by atoms with van der Waals surface area (Å²) in [6, 6.07) is 9.03. The van der Waals surface area contributed by atoms with E-state index in [9.17, 15) is 4.57 Å². The number of halogens is 7. The molecule has 0 N–H and O–H groups in total. The van der Waals surface area contributed by atoms with Crippen molar-refractivity contribution in [3.63, 3.8) is 0 Å². The Morgan fingerprint density at radius 3 is 1.68 bits per heavy atom. The van der Waals surface area contributed by atoms with Gasteiger partial charge in [0.25, 0.3) is 0 Å². The molecule has 162 valence electrons. The highest BCUT2D eigenvalue weighted by molar-refractivity contribution is 7.49. The molecule has 1 aliphatic heterocycles. The Kier molecular flexibility index (Phi) is 6.76. The van der Waals surface area contributed by atoms with E-state index in [0.29, 0.717) is 11.1 Å². The van der Waals surface area contributed by atoms with Gasteiger partial charge in [-0.3, -0.25) is 0 Å². The van der Waals surface area contributed by atoms with Gasteiger partial charge >= 0.3 is 7.82 Å². The van der Waals surface area contributed by atoms with Crippen LogP contribution in [0.5, 0.6) is 17.2 Å². The number of hydrogen-bond acceptors (Lipinski definition) is 4. The number of phosphoric acid groups is 1. The van der Waals surface area contributed by atoms with Crippen molar-refractivity contribution in [2.24, 2.45) is 0 Å². The molecule has 0 saturated carbocycles. The number of rotatable bonds is 2. The lowest BCUT2D eigenvalue weighted by Gasteiger charge is -2.27. The second-order valence-corrected chi connectivity index (χ2v) is 10.5. The smallest absolute Gasteiger partial charge is 0.384 e. The summed E-state index contributed by atoms with van der Waals surface area (Å²) in [6.45, 7) is 0. The lowest BCUT2D eigenvalue weighted by molar-refractivity contribution is 0.294. The minimum absolute atomic E-state index is 0.0228. The zero-order valence-corrected chi connectivity index (χ0v) is 21.1. The minimum Gasteiger partial charge on any atom is -0.384 e. The zero-order chi connectivity index (χ0) is 22.5. The molecular weight excluding hydrogens is 571 g/mol. The fraction of sp³-hybridized carbons (Fsp3) is 0.0526. The Morgan fingerprint density at radius 1 is 0.710 bits per heavy atom. The van der Waals surface area contributed by atoms with Crippen LogP contribution in [0.15, 0.2) is 36.4 Å². The van der Waals surface area contributed by atoms with Gasteiger partial charge in [-0.15, -0.1) is 0 Å². The number of para-hydroxylation sites is 1. The highest BCUT2D eigenvalue weighted by Gasteiger charge is 2.40. The third kappa shape index (κ3) is 4.55. The summed E-state index contributed by atoms with van der Waals surface area (Å²) < 4.78 is 30.7. The van der Waals surface area contributed by atoms with Crippen LogP contribution in [0.4, 0.5) is 0 Å². The van der Waals surface area contributed by atoms with E-state index in [-0.39, 0.29) is 58.8 Å². The van der Waals surface area contributed by atoms with Gasteiger partial charge in [0.2, 0.25) is 0 Å². The van der Waals surface area contributed by atoms with E-state index in [1.54, 1.807) is 18.2 Å². The first-order valence-electron chi connectivity index (χ1n) is 8.35. The topological polar surface area (TPSA) is 44.8 Å². The quantitative estimate of drug-likeness (QED) is 0.224. The number of phosphoric ester groups is 1. The van der Waals surface area contributed by atoms with Crippen LogP contribution in [0.25, 0.3) is 0 Å². The molecule has 31 heavy (non-hydrogen) atoms. The average Bonchev–Trinajstić information content (AvgIpc) is 2.69. The van der Waals surface area contributed by atoms with Gasteiger partial charge < -0.3 is 13.6 Å². The van der Waals surface area contributed by atoms with Crippen LogP contribution < -0.4 is 13.6 Å².